The highest BCUT2D eigenvalue weighted by atomic mass is 127. The van der Waals surface area contributed by atoms with Crippen LogP contribution >= 0.6 is 24.0 Å². The van der Waals surface area contributed by atoms with Crippen LogP contribution in [0.1, 0.15) is 56.1 Å². The number of carbonyl (C=O) groups excluding carboxylic acids is 1. The molecule has 154 valence electrons. The number of amides is 1. The van der Waals surface area contributed by atoms with Crippen molar-refractivity contribution in [2.24, 2.45) is 10.4 Å². The van der Waals surface area contributed by atoms with Crippen molar-refractivity contribution in [3.63, 3.8) is 0 Å². The molecule has 2 saturated heterocycles. The predicted molar refractivity (Wildman–Crippen MR) is 124 cm³/mol. The van der Waals surface area contributed by atoms with Gasteiger partial charge in [-0.05, 0) is 42.2 Å². The van der Waals surface area contributed by atoms with E-state index in [-0.39, 0.29) is 29.9 Å². The molecule has 0 atom stereocenters. The first kappa shape index (κ1) is 21.4. The lowest BCUT2D eigenvalue weighted by molar-refractivity contribution is -0.128. The van der Waals surface area contributed by atoms with Gasteiger partial charge in [0.05, 0.1) is 0 Å². The topological polar surface area (TPSA) is 47.9 Å². The quantitative estimate of drug-likeness (QED) is 0.392. The molecule has 1 aliphatic carbocycles. The number of guanidine groups is 1. The minimum Gasteiger partial charge on any atom is -0.352 e. The lowest BCUT2D eigenvalue weighted by atomic mass is 9.86. The molecule has 1 amide bonds. The minimum absolute atomic E-state index is 0. The first-order chi connectivity index (χ1) is 13.2. The van der Waals surface area contributed by atoms with Crippen LogP contribution in [0.5, 0.6) is 0 Å². The summed E-state index contributed by atoms with van der Waals surface area (Å²) in [7, 11) is 1.89. The Balaban J connectivity index is 0.00000225. The van der Waals surface area contributed by atoms with E-state index in [9.17, 15) is 4.79 Å². The number of likely N-dealkylation sites (tertiary alicyclic amines) is 2. The fourth-order valence-electron chi connectivity index (χ4n) is 5.09. The van der Waals surface area contributed by atoms with E-state index in [0.717, 1.165) is 45.1 Å². The van der Waals surface area contributed by atoms with Gasteiger partial charge in [0.1, 0.15) is 0 Å². The average Bonchev–Trinajstić information content (AvgIpc) is 3.41. The van der Waals surface area contributed by atoms with Crippen LogP contribution in [0.15, 0.2) is 29.3 Å². The summed E-state index contributed by atoms with van der Waals surface area (Å²) >= 11 is 0. The largest absolute Gasteiger partial charge is 0.352 e. The number of hydrogen-bond acceptors (Lipinski definition) is 2. The van der Waals surface area contributed by atoms with E-state index in [1.807, 2.05) is 11.9 Å². The minimum atomic E-state index is 0. The van der Waals surface area contributed by atoms with Gasteiger partial charge in [-0.25, -0.2) is 0 Å². The second kappa shape index (κ2) is 9.46. The highest BCUT2D eigenvalue weighted by Gasteiger charge is 2.41. The van der Waals surface area contributed by atoms with Crippen LogP contribution in [0, 0.1) is 5.41 Å². The Morgan fingerprint density at radius 1 is 1.14 bits per heavy atom. The molecule has 0 radical (unpaired) electrons. The number of hydrogen-bond donors (Lipinski definition) is 1. The van der Waals surface area contributed by atoms with Gasteiger partial charge in [0, 0.05) is 46.2 Å². The zero-order valence-corrected chi connectivity index (χ0v) is 19.3. The zero-order valence-electron chi connectivity index (χ0n) is 17.0. The molecule has 5 nitrogen and oxygen atoms in total. The summed E-state index contributed by atoms with van der Waals surface area (Å²) in [5, 5.41) is 3.56. The molecule has 0 unspecified atom stereocenters. The average molecular weight is 496 g/mol. The molecule has 1 spiro atoms. The van der Waals surface area contributed by atoms with Crippen molar-refractivity contribution in [3.05, 3.63) is 35.4 Å². The van der Waals surface area contributed by atoms with Crippen molar-refractivity contribution in [2.45, 2.75) is 58.0 Å². The van der Waals surface area contributed by atoms with Crippen LogP contribution in [-0.4, -0.2) is 48.3 Å². The Morgan fingerprint density at radius 3 is 2.64 bits per heavy atom. The predicted octanol–water partition coefficient (Wildman–Crippen LogP) is 3.77. The van der Waals surface area contributed by atoms with Gasteiger partial charge < -0.3 is 15.1 Å². The molecule has 3 fully saturated rings. The van der Waals surface area contributed by atoms with Crippen molar-refractivity contribution < 1.29 is 4.79 Å². The Labute approximate surface area is 186 Å². The molecule has 1 aromatic rings. The summed E-state index contributed by atoms with van der Waals surface area (Å²) in [5.74, 6) is 1.31. The van der Waals surface area contributed by atoms with Gasteiger partial charge in [-0.3, -0.25) is 9.79 Å². The van der Waals surface area contributed by atoms with E-state index in [1.54, 1.807) is 0 Å². The first-order valence-corrected chi connectivity index (χ1v) is 10.5. The molecule has 0 aromatic heterocycles. The summed E-state index contributed by atoms with van der Waals surface area (Å²) in [6, 6.07) is 8.58. The molecule has 2 heterocycles. The number of nitrogens with one attached hydrogen (secondary N) is 1. The standard InChI is InChI=1S/C22H32N4O.HI/c1-23-21(26-13-11-22(17-26)9-2-3-10-22)24-15-18-6-4-7-19(14-18)16-25-12-5-8-20(25)27;/h4,6-7,14H,2-3,5,8-13,15-17H2,1H3,(H,23,24);1H. The summed E-state index contributed by atoms with van der Waals surface area (Å²) in [6.07, 6.45) is 8.57. The fourth-order valence-corrected chi connectivity index (χ4v) is 5.09. The van der Waals surface area contributed by atoms with E-state index in [0.29, 0.717) is 11.8 Å². The fraction of sp³-hybridized carbons (Fsp3) is 0.636. The normalized spacial score (nSPS) is 21.5. The number of halogens is 1. The van der Waals surface area contributed by atoms with Crippen LogP contribution in [0.2, 0.25) is 0 Å². The second-order valence-electron chi connectivity index (χ2n) is 8.52. The lowest BCUT2D eigenvalue weighted by Gasteiger charge is -2.26. The van der Waals surface area contributed by atoms with Gasteiger partial charge in [-0.15, -0.1) is 24.0 Å². The molecular formula is C22H33IN4O. The molecule has 1 N–H and O–H groups in total. The number of nitrogens with zero attached hydrogens (tertiary/aromatic N) is 3. The molecule has 28 heavy (non-hydrogen) atoms. The highest BCUT2D eigenvalue weighted by molar-refractivity contribution is 14.0. The van der Waals surface area contributed by atoms with E-state index in [2.05, 4.69) is 39.5 Å². The third kappa shape index (κ3) is 4.81. The van der Waals surface area contributed by atoms with Crippen LogP contribution < -0.4 is 5.32 Å². The molecule has 6 heteroatoms. The molecule has 1 aromatic carbocycles. The monoisotopic (exact) mass is 496 g/mol. The molecule has 0 bridgehead atoms. The van der Waals surface area contributed by atoms with Crippen LogP contribution in [0.25, 0.3) is 0 Å². The van der Waals surface area contributed by atoms with Crippen LogP contribution in [0.4, 0.5) is 0 Å². The highest BCUT2D eigenvalue weighted by Crippen LogP contribution is 2.45. The van der Waals surface area contributed by atoms with Gasteiger partial charge >= 0.3 is 0 Å². The van der Waals surface area contributed by atoms with Gasteiger partial charge in [0.15, 0.2) is 5.96 Å². The summed E-state index contributed by atoms with van der Waals surface area (Å²) in [5.41, 5.74) is 3.01. The van der Waals surface area contributed by atoms with E-state index >= 15 is 0 Å². The van der Waals surface area contributed by atoms with E-state index in [1.165, 1.54) is 43.2 Å². The molecule has 3 aliphatic rings. The number of rotatable bonds is 4. The maximum Gasteiger partial charge on any atom is 0.222 e. The van der Waals surface area contributed by atoms with Gasteiger partial charge in [-0.2, -0.15) is 0 Å². The summed E-state index contributed by atoms with van der Waals surface area (Å²) in [4.78, 5) is 20.8. The van der Waals surface area contributed by atoms with Crippen molar-refractivity contribution in [1.29, 1.82) is 0 Å². The Bertz CT molecular complexity index is 714. The van der Waals surface area contributed by atoms with Crippen molar-refractivity contribution in [1.82, 2.24) is 15.1 Å². The SMILES string of the molecule is CN=C(NCc1cccc(CN2CCCC2=O)c1)N1CCC2(CCCC2)C1.I. The molecule has 1 saturated carbocycles. The number of benzene rings is 1. The van der Waals surface area contributed by atoms with E-state index in [4.69, 9.17) is 0 Å². The Morgan fingerprint density at radius 2 is 1.93 bits per heavy atom. The van der Waals surface area contributed by atoms with Crippen molar-refractivity contribution in [3.8, 4) is 0 Å². The summed E-state index contributed by atoms with van der Waals surface area (Å²) < 4.78 is 0. The molecule has 4 rings (SSSR count). The summed E-state index contributed by atoms with van der Waals surface area (Å²) in [6.45, 7) is 4.68. The van der Waals surface area contributed by atoms with Crippen LogP contribution in [-0.2, 0) is 17.9 Å². The smallest absolute Gasteiger partial charge is 0.222 e. The Hall–Kier alpha value is -1.31. The third-order valence-electron chi connectivity index (χ3n) is 6.60. The maximum atomic E-state index is 11.9. The lowest BCUT2D eigenvalue weighted by Crippen LogP contribution is -2.40. The molecule has 2 aliphatic heterocycles. The third-order valence-corrected chi connectivity index (χ3v) is 6.60. The second-order valence-corrected chi connectivity index (χ2v) is 8.52. The van der Waals surface area contributed by atoms with Crippen molar-refractivity contribution >= 4 is 35.8 Å². The Kier molecular flexibility index (Phi) is 7.23. The van der Waals surface area contributed by atoms with Gasteiger partial charge in [0.25, 0.3) is 0 Å². The van der Waals surface area contributed by atoms with Gasteiger partial charge in [-0.1, -0.05) is 37.1 Å². The first-order valence-electron chi connectivity index (χ1n) is 10.5. The van der Waals surface area contributed by atoms with Crippen LogP contribution in [0.3, 0.4) is 0 Å². The van der Waals surface area contributed by atoms with Crippen molar-refractivity contribution in [2.75, 3.05) is 26.7 Å². The maximum absolute atomic E-state index is 11.9. The molecular weight excluding hydrogens is 463 g/mol. The van der Waals surface area contributed by atoms with E-state index < -0.39 is 0 Å². The zero-order chi connectivity index (χ0) is 18.7. The number of aliphatic imine (C=N–C) groups is 1. The number of carbonyl (C=O) groups is 1. The van der Waals surface area contributed by atoms with Gasteiger partial charge in [0.2, 0.25) is 5.91 Å².